The van der Waals surface area contributed by atoms with Crippen molar-refractivity contribution in [1.29, 1.82) is 0 Å². The molecular weight excluding hydrogens is 379 g/mol. The summed E-state index contributed by atoms with van der Waals surface area (Å²) in [6, 6.07) is 4.62. The summed E-state index contributed by atoms with van der Waals surface area (Å²) in [5, 5.41) is 5.99. The van der Waals surface area contributed by atoms with Crippen molar-refractivity contribution < 1.29 is 9.18 Å². The molecule has 1 aromatic carbocycles. The summed E-state index contributed by atoms with van der Waals surface area (Å²) in [6.07, 6.45) is 8.64. The third-order valence-corrected chi connectivity index (χ3v) is 6.43. The Kier molecular flexibility index (Phi) is 7.19. The number of carbonyl (C=O) groups is 1. The topological polar surface area (TPSA) is 65.8 Å². The van der Waals surface area contributed by atoms with Gasteiger partial charge in [-0.2, -0.15) is 0 Å². The second-order valence-electron chi connectivity index (χ2n) is 8.73. The Hall–Kier alpha value is -2.34. The molecule has 0 aromatic heterocycles. The minimum Gasteiger partial charge on any atom is -0.322 e. The molecule has 1 saturated carbocycles. The van der Waals surface area contributed by atoms with Crippen LogP contribution in [-0.2, 0) is 10.3 Å². The summed E-state index contributed by atoms with van der Waals surface area (Å²) < 4.78 is 14.6. The second kappa shape index (κ2) is 9.65. The average molecular weight is 413 g/mol. The molecule has 3 rings (SSSR count). The molecule has 162 valence electrons. The molecule has 1 heterocycles. The number of carbonyl (C=O) groups excluding carboxylic acids is 1. The van der Waals surface area contributed by atoms with Crippen LogP contribution in [0.3, 0.4) is 0 Å². The first-order valence-corrected chi connectivity index (χ1v) is 10.9. The predicted octanol–water partition coefficient (Wildman–Crippen LogP) is 4.84. The fourth-order valence-corrected chi connectivity index (χ4v) is 4.22. The maximum absolute atomic E-state index is 14.6. The zero-order valence-electron chi connectivity index (χ0n) is 18.2. The van der Waals surface area contributed by atoms with Crippen molar-refractivity contribution in [3.63, 3.8) is 0 Å². The summed E-state index contributed by atoms with van der Waals surface area (Å²) in [7, 11) is 0. The molecule has 1 aliphatic heterocycles. The molecular formula is C24H33FN4O. The van der Waals surface area contributed by atoms with Gasteiger partial charge in [-0.05, 0) is 81.5 Å². The molecule has 5 nitrogen and oxygen atoms in total. The molecule has 1 unspecified atom stereocenters. The van der Waals surface area contributed by atoms with Crippen molar-refractivity contribution in [2.45, 2.75) is 64.5 Å². The fraction of sp³-hybridized carbons (Fsp3) is 0.542. The maximum atomic E-state index is 14.6. The van der Waals surface area contributed by atoms with Crippen LogP contribution < -0.4 is 10.6 Å². The first-order valence-electron chi connectivity index (χ1n) is 10.9. The first-order chi connectivity index (χ1) is 14.4. The summed E-state index contributed by atoms with van der Waals surface area (Å²) in [6.45, 7) is 10.5. The highest BCUT2D eigenvalue weighted by atomic mass is 19.1. The number of nitrogens with one attached hydrogen (secondary N) is 2. The van der Waals surface area contributed by atoms with E-state index in [-0.39, 0.29) is 17.6 Å². The highest BCUT2D eigenvalue weighted by Gasteiger charge is 2.36. The SMILES string of the molecule is C=NC=NC(CCC1CC1)(/C(C)=C/C)c1ccc(F)c(NC(=O)[C@H]2C[C@@H](C)CN2)c1. The van der Waals surface area contributed by atoms with E-state index in [0.29, 0.717) is 5.92 Å². The van der Waals surface area contributed by atoms with Gasteiger partial charge < -0.3 is 10.6 Å². The van der Waals surface area contributed by atoms with Gasteiger partial charge in [-0.3, -0.25) is 14.8 Å². The van der Waals surface area contributed by atoms with Gasteiger partial charge in [0.25, 0.3) is 0 Å². The Balaban J connectivity index is 1.94. The Morgan fingerprint density at radius 2 is 2.20 bits per heavy atom. The summed E-state index contributed by atoms with van der Waals surface area (Å²) >= 11 is 0. The van der Waals surface area contributed by atoms with E-state index in [4.69, 9.17) is 4.99 Å². The lowest BCUT2D eigenvalue weighted by Gasteiger charge is -2.32. The minimum atomic E-state index is -0.647. The fourth-order valence-electron chi connectivity index (χ4n) is 4.22. The highest BCUT2D eigenvalue weighted by molar-refractivity contribution is 5.95. The van der Waals surface area contributed by atoms with Gasteiger partial charge in [-0.15, -0.1) is 0 Å². The third kappa shape index (κ3) is 5.04. The van der Waals surface area contributed by atoms with Gasteiger partial charge >= 0.3 is 0 Å². The Bertz CT molecular complexity index is 846. The van der Waals surface area contributed by atoms with Gasteiger partial charge in [-0.25, -0.2) is 4.39 Å². The normalized spacial score (nSPS) is 24.1. The van der Waals surface area contributed by atoms with Crippen LogP contribution in [0.2, 0.25) is 0 Å². The van der Waals surface area contributed by atoms with Crippen LogP contribution in [0.4, 0.5) is 10.1 Å². The van der Waals surface area contributed by atoms with E-state index in [1.54, 1.807) is 12.1 Å². The van der Waals surface area contributed by atoms with Crippen LogP contribution in [0.25, 0.3) is 0 Å². The van der Waals surface area contributed by atoms with E-state index < -0.39 is 11.4 Å². The maximum Gasteiger partial charge on any atom is 0.241 e. The first kappa shape index (κ1) is 22.3. The van der Waals surface area contributed by atoms with Crippen molar-refractivity contribution in [3.05, 3.63) is 41.2 Å². The van der Waals surface area contributed by atoms with E-state index in [1.807, 2.05) is 19.9 Å². The number of benzene rings is 1. The monoisotopic (exact) mass is 412 g/mol. The van der Waals surface area contributed by atoms with E-state index in [9.17, 15) is 9.18 Å². The van der Waals surface area contributed by atoms with Crippen molar-refractivity contribution in [2.75, 3.05) is 11.9 Å². The van der Waals surface area contributed by atoms with Gasteiger partial charge in [0.15, 0.2) is 0 Å². The lowest BCUT2D eigenvalue weighted by Crippen LogP contribution is -2.36. The smallest absolute Gasteiger partial charge is 0.241 e. The Labute approximate surface area is 179 Å². The summed E-state index contributed by atoms with van der Waals surface area (Å²) in [5.74, 6) is 0.525. The Morgan fingerprint density at radius 1 is 1.43 bits per heavy atom. The lowest BCUT2D eigenvalue weighted by molar-refractivity contribution is -0.117. The van der Waals surface area contributed by atoms with E-state index in [0.717, 1.165) is 42.9 Å². The van der Waals surface area contributed by atoms with Crippen molar-refractivity contribution in [1.82, 2.24) is 5.32 Å². The summed E-state index contributed by atoms with van der Waals surface area (Å²) in [5.41, 5.74) is 1.47. The molecule has 1 aromatic rings. The molecule has 2 N–H and O–H groups in total. The lowest BCUT2D eigenvalue weighted by atomic mass is 9.79. The Morgan fingerprint density at radius 3 is 2.80 bits per heavy atom. The molecule has 0 spiro atoms. The highest BCUT2D eigenvalue weighted by Crippen LogP contribution is 2.44. The molecule has 30 heavy (non-hydrogen) atoms. The van der Waals surface area contributed by atoms with Crippen LogP contribution in [0, 0.1) is 17.7 Å². The predicted molar refractivity (Wildman–Crippen MR) is 122 cm³/mol. The number of hydrogen-bond acceptors (Lipinski definition) is 3. The average Bonchev–Trinajstić information content (AvgIpc) is 3.47. The quantitative estimate of drug-likeness (QED) is 0.346. The van der Waals surface area contributed by atoms with Gasteiger partial charge in [0.05, 0.1) is 11.7 Å². The molecule has 1 saturated heterocycles. The van der Waals surface area contributed by atoms with Gasteiger partial charge in [0.1, 0.15) is 17.7 Å². The zero-order chi connectivity index (χ0) is 21.7. The van der Waals surface area contributed by atoms with Crippen molar-refractivity contribution in [2.24, 2.45) is 21.8 Å². The standard InChI is InChI=1S/C24H33FN4O/c1-5-17(3)24(28-15-26-4,11-10-18-6-7-18)19-8-9-20(25)21(13-19)29-23(30)22-12-16(2)14-27-22/h5,8-9,13,15-16,18,22,27H,4,6-7,10-12,14H2,1-3H3,(H,29,30)/b17-5+,28-15?/t16-,22-,24?/m1/s1. The molecule has 0 bridgehead atoms. The number of aliphatic imine (C=N–C) groups is 2. The molecule has 3 atom stereocenters. The van der Waals surface area contributed by atoms with Crippen LogP contribution in [0.1, 0.15) is 58.4 Å². The second-order valence-corrected chi connectivity index (χ2v) is 8.73. The van der Waals surface area contributed by atoms with Gasteiger partial charge in [0.2, 0.25) is 5.91 Å². The van der Waals surface area contributed by atoms with Crippen LogP contribution in [-0.4, -0.2) is 31.5 Å². The summed E-state index contributed by atoms with van der Waals surface area (Å²) in [4.78, 5) is 21.3. The van der Waals surface area contributed by atoms with Crippen molar-refractivity contribution in [3.8, 4) is 0 Å². The van der Waals surface area contributed by atoms with Crippen LogP contribution in [0.5, 0.6) is 0 Å². The van der Waals surface area contributed by atoms with Gasteiger partial charge in [0, 0.05) is 0 Å². The number of allylic oxidation sites excluding steroid dienone is 1. The number of halogens is 1. The third-order valence-electron chi connectivity index (χ3n) is 6.43. The van der Waals surface area contributed by atoms with Gasteiger partial charge in [-0.1, -0.05) is 31.9 Å². The van der Waals surface area contributed by atoms with E-state index in [2.05, 4.69) is 29.3 Å². The molecule has 2 aliphatic rings. The number of hydrogen-bond donors (Lipinski definition) is 2. The van der Waals surface area contributed by atoms with Crippen LogP contribution in [0.15, 0.2) is 39.8 Å². The number of nitrogens with zero attached hydrogens (tertiary/aromatic N) is 2. The van der Waals surface area contributed by atoms with Crippen LogP contribution >= 0.6 is 0 Å². The molecule has 0 radical (unpaired) electrons. The molecule has 2 fully saturated rings. The molecule has 1 amide bonds. The number of amides is 1. The minimum absolute atomic E-state index is 0.195. The van der Waals surface area contributed by atoms with Crippen molar-refractivity contribution >= 4 is 24.7 Å². The number of anilines is 1. The molecule has 6 heteroatoms. The number of rotatable bonds is 9. The largest absolute Gasteiger partial charge is 0.322 e. The zero-order valence-corrected chi connectivity index (χ0v) is 18.2. The van der Waals surface area contributed by atoms with E-state index >= 15 is 0 Å². The van der Waals surface area contributed by atoms with E-state index in [1.165, 1.54) is 25.2 Å². The molecule has 1 aliphatic carbocycles.